The third-order valence-electron chi connectivity index (χ3n) is 0.943. The maximum absolute atomic E-state index is 2.26. The fraction of sp³-hybridized carbons (Fsp3) is 1.00. The van der Waals surface area contributed by atoms with Crippen LogP contribution in [-0.2, 0) is 0 Å². The van der Waals surface area contributed by atoms with Crippen molar-refractivity contribution >= 4 is 8.41 Å². The van der Waals surface area contributed by atoms with Gasteiger partial charge in [-0.2, -0.15) is 0 Å². The van der Waals surface area contributed by atoms with Gasteiger partial charge in [-0.05, 0) is 18.3 Å². The normalized spacial score (nSPS) is 7.80. The molecule has 0 spiro atoms. The van der Waals surface area contributed by atoms with E-state index < -0.39 is 0 Å². The molecule has 0 aliphatic rings. The van der Waals surface area contributed by atoms with Gasteiger partial charge in [0.05, 0.1) is 0 Å². The monoisotopic (exact) mass is 144 g/mol. The Bertz CT molecular complexity index is 38.5. The van der Waals surface area contributed by atoms with Crippen LogP contribution >= 0.6 is 0 Å². The highest BCUT2D eigenvalue weighted by Gasteiger charge is 1.95. The molecule has 0 aliphatic heterocycles. The molecule has 0 unspecified atom stereocenters. The van der Waals surface area contributed by atoms with E-state index in [1.807, 2.05) is 0 Å². The van der Waals surface area contributed by atoms with Gasteiger partial charge in [0.25, 0.3) is 0 Å². The van der Waals surface area contributed by atoms with Crippen molar-refractivity contribution in [2.45, 2.75) is 41.5 Å². The molecule has 2 heteroatoms. The van der Waals surface area contributed by atoms with Crippen LogP contribution in [0.25, 0.3) is 0 Å². The van der Waals surface area contributed by atoms with E-state index in [0.717, 1.165) is 11.8 Å². The van der Waals surface area contributed by atoms with Crippen LogP contribution in [0.3, 0.4) is 0 Å². The second-order valence-corrected chi connectivity index (χ2v) is 3.02. The summed E-state index contributed by atoms with van der Waals surface area (Å²) in [5.74, 6) is 1.75. The molecule has 10 heavy (non-hydrogen) atoms. The molecule has 0 aromatic heterocycles. The summed E-state index contributed by atoms with van der Waals surface area (Å²) in [5.41, 5.74) is 0. The molecule has 0 rings (SSSR count). The molecule has 0 aromatic carbocycles. The molecule has 0 fully saturated rings. The summed E-state index contributed by atoms with van der Waals surface area (Å²) in [4.78, 5) is 0. The summed E-state index contributed by atoms with van der Waals surface area (Å²) in [7, 11) is 0. The minimum absolute atomic E-state index is 0. The molecule has 63 valence electrons. The smallest absolute Gasteiger partial charge is 0 e. The lowest BCUT2D eigenvalue weighted by Crippen LogP contribution is -1.93. The summed E-state index contributed by atoms with van der Waals surface area (Å²) in [5, 5.41) is 0. The average molecular weight is 144 g/mol. The van der Waals surface area contributed by atoms with Gasteiger partial charge in [-0.1, -0.05) is 35.1 Å². The van der Waals surface area contributed by atoms with Gasteiger partial charge < -0.3 is 6.15 Å². The van der Waals surface area contributed by atoms with Crippen molar-refractivity contribution in [1.82, 2.24) is 6.15 Å². The molecule has 0 atom stereocenters. The van der Waals surface area contributed by atoms with Crippen LogP contribution in [0, 0.1) is 11.8 Å². The van der Waals surface area contributed by atoms with Gasteiger partial charge in [0.2, 0.25) is 0 Å². The van der Waals surface area contributed by atoms with Gasteiger partial charge in [-0.3, -0.25) is 0 Å². The number of rotatable bonds is 2. The first kappa shape index (κ1) is 22.5. The van der Waals surface area contributed by atoms with Crippen molar-refractivity contribution in [2.24, 2.45) is 11.8 Å². The molecule has 0 saturated carbocycles. The summed E-state index contributed by atoms with van der Waals surface area (Å²) >= 11 is 0. The Hall–Kier alpha value is 0.0249. The van der Waals surface area contributed by atoms with E-state index in [1.165, 1.54) is 6.42 Å². The quantitative estimate of drug-likeness (QED) is 0.593. The minimum Gasteiger partial charge on any atom is -0.344 e. The van der Waals surface area contributed by atoms with Gasteiger partial charge in [-0.25, -0.2) is 0 Å². The lowest BCUT2D eigenvalue weighted by Gasteiger charge is -2.05. The Morgan fingerprint density at radius 1 is 0.900 bits per heavy atom. The van der Waals surface area contributed by atoms with Crippen LogP contribution in [0.15, 0.2) is 0 Å². The zero-order chi connectivity index (χ0) is 5.86. The maximum Gasteiger partial charge on any atom is 0 e. The van der Waals surface area contributed by atoms with Crippen LogP contribution in [0.1, 0.15) is 41.5 Å². The first-order valence-corrected chi connectivity index (χ1v) is 3.13. The Kier molecular flexibility index (Phi) is 26.5. The van der Waals surface area contributed by atoms with Crippen molar-refractivity contribution in [2.75, 3.05) is 0 Å². The second-order valence-electron chi connectivity index (χ2n) is 3.02. The van der Waals surface area contributed by atoms with Crippen molar-refractivity contribution in [1.29, 1.82) is 0 Å². The van der Waals surface area contributed by atoms with Gasteiger partial charge >= 0.3 is 0 Å². The van der Waals surface area contributed by atoms with E-state index in [2.05, 4.69) is 27.7 Å². The SMILES string of the molecule is C.CC(C)CC(C)C.N.[B]. The zero-order valence-corrected chi connectivity index (χ0v) is 7.15. The zero-order valence-electron chi connectivity index (χ0n) is 7.15. The highest BCUT2D eigenvalue weighted by atomic mass is 14.0. The highest BCUT2D eigenvalue weighted by molar-refractivity contribution is 5.75. The molecule has 0 aromatic rings. The molecule has 0 bridgehead atoms. The topological polar surface area (TPSA) is 35.0 Å². The molecule has 0 aliphatic carbocycles. The summed E-state index contributed by atoms with van der Waals surface area (Å²) in [6.07, 6.45) is 1.36. The second kappa shape index (κ2) is 11.8. The standard InChI is InChI=1S/C7H16.CH4.B.H3N/c1-6(2)5-7(3)4;;;/h6-7H,5H2,1-4H3;1H4;;1H3. The molecule has 0 amide bonds. The summed E-state index contributed by atoms with van der Waals surface area (Å²) < 4.78 is 0. The number of hydrogen-bond acceptors (Lipinski definition) is 1. The Morgan fingerprint density at radius 3 is 1.10 bits per heavy atom. The summed E-state index contributed by atoms with van der Waals surface area (Å²) in [6.45, 7) is 9.06. The van der Waals surface area contributed by atoms with Crippen LogP contribution in [0.2, 0.25) is 0 Å². The maximum atomic E-state index is 2.26. The number of hydrogen-bond donors (Lipinski definition) is 1. The predicted molar refractivity (Wildman–Crippen MR) is 51.8 cm³/mol. The lowest BCUT2D eigenvalue weighted by atomic mass is 10.0. The largest absolute Gasteiger partial charge is 0.344 e. The van der Waals surface area contributed by atoms with Crippen molar-refractivity contribution in [3.8, 4) is 0 Å². The van der Waals surface area contributed by atoms with Gasteiger partial charge in [0.1, 0.15) is 0 Å². The van der Waals surface area contributed by atoms with Crippen molar-refractivity contribution in [3.63, 3.8) is 0 Å². The minimum atomic E-state index is 0. The lowest BCUT2D eigenvalue weighted by molar-refractivity contribution is 0.469. The Labute approximate surface area is 68.8 Å². The van der Waals surface area contributed by atoms with E-state index in [1.54, 1.807) is 0 Å². The molecular weight excluding hydrogens is 121 g/mol. The Balaban J connectivity index is -0.0000000600. The van der Waals surface area contributed by atoms with Crippen LogP contribution in [0.4, 0.5) is 0 Å². The van der Waals surface area contributed by atoms with Crippen LogP contribution < -0.4 is 6.15 Å². The van der Waals surface area contributed by atoms with Gasteiger partial charge in [-0.15, -0.1) is 0 Å². The molecule has 3 N–H and O–H groups in total. The first-order chi connectivity index (χ1) is 3.13. The van der Waals surface area contributed by atoms with Gasteiger partial charge in [0, 0.05) is 8.41 Å². The van der Waals surface area contributed by atoms with Crippen LogP contribution in [0.5, 0.6) is 0 Å². The van der Waals surface area contributed by atoms with E-state index in [-0.39, 0.29) is 22.0 Å². The van der Waals surface area contributed by atoms with Crippen molar-refractivity contribution < 1.29 is 0 Å². The molecule has 0 heterocycles. The Morgan fingerprint density at radius 2 is 1.10 bits per heavy atom. The fourth-order valence-corrected chi connectivity index (χ4v) is 0.943. The molecule has 3 radical (unpaired) electrons. The molecule has 1 nitrogen and oxygen atoms in total. The van der Waals surface area contributed by atoms with E-state index in [9.17, 15) is 0 Å². The highest BCUT2D eigenvalue weighted by Crippen LogP contribution is 2.08. The van der Waals surface area contributed by atoms with E-state index in [4.69, 9.17) is 0 Å². The predicted octanol–water partition coefficient (Wildman–Crippen LogP) is 3.11. The van der Waals surface area contributed by atoms with Gasteiger partial charge in [0.15, 0.2) is 0 Å². The average Bonchev–Trinajstić information content (AvgIpc) is 1.27. The first-order valence-electron chi connectivity index (χ1n) is 3.13. The fourth-order valence-electron chi connectivity index (χ4n) is 0.943. The van der Waals surface area contributed by atoms with E-state index >= 15 is 0 Å². The summed E-state index contributed by atoms with van der Waals surface area (Å²) in [6, 6.07) is 0. The third kappa shape index (κ3) is 24.4. The molecule has 0 saturated heterocycles. The van der Waals surface area contributed by atoms with E-state index in [0.29, 0.717) is 0 Å². The van der Waals surface area contributed by atoms with Crippen molar-refractivity contribution in [3.05, 3.63) is 0 Å². The van der Waals surface area contributed by atoms with Crippen LogP contribution in [-0.4, -0.2) is 8.41 Å². The molecular formula is C8H23BN. The third-order valence-corrected chi connectivity index (χ3v) is 0.943.